The van der Waals surface area contributed by atoms with E-state index in [1.54, 1.807) is 13.7 Å². The predicted octanol–water partition coefficient (Wildman–Crippen LogP) is 13.4. The zero-order valence-corrected chi connectivity index (χ0v) is 42.5. The van der Waals surface area contributed by atoms with Crippen LogP contribution >= 0.6 is 0 Å². The van der Waals surface area contributed by atoms with Gasteiger partial charge in [-0.2, -0.15) is 0 Å². The fourth-order valence-electron chi connectivity index (χ4n) is 11.4. The van der Waals surface area contributed by atoms with Gasteiger partial charge in [0.05, 0.1) is 0 Å². The Morgan fingerprint density at radius 2 is 0.828 bits per heavy atom. The average molecular weight is 1010 g/mol. The molecule has 0 N–H and O–H groups in total. The zero-order valence-electron chi connectivity index (χ0n) is 37.5. The van der Waals surface area contributed by atoms with E-state index in [-0.39, 0.29) is 0 Å². The van der Waals surface area contributed by atoms with Gasteiger partial charge < -0.3 is 0 Å². The molecule has 0 amide bonds. The molecule has 11 rings (SSSR count). The van der Waals surface area contributed by atoms with Crippen LogP contribution in [0.5, 0.6) is 0 Å². The van der Waals surface area contributed by atoms with Crippen molar-refractivity contribution in [2.24, 2.45) is 11.8 Å². The molecule has 3 aliphatic rings. The topological polar surface area (TPSA) is 0 Å². The first-order valence-electron chi connectivity index (χ1n) is 23.5. The summed E-state index contributed by atoms with van der Waals surface area (Å²) in [5.74, 6) is 1.14. The number of hydrogen-bond acceptors (Lipinski definition) is 0. The molecule has 0 radical (unpaired) electrons. The van der Waals surface area contributed by atoms with Crippen molar-refractivity contribution >= 4 is 46.5 Å². The molecule has 1 aliphatic heterocycles. The fraction of sp³-hybridized carbons (Fsp3) is 0.161. The van der Waals surface area contributed by atoms with Crippen molar-refractivity contribution < 1.29 is 21.4 Å². The first kappa shape index (κ1) is 41.1. The molecule has 2 heteroatoms. The van der Waals surface area contributed by atoms with Crippen LogP contribution < -0.4 is 13.7 Å². The van der Waals surface area contributed by atoms with Crippen molar-refractivity contribution in [3.8, 4) is 33.4 Å². The Balaban J connectivity index is 1.21. The summed E-state index contributed by atoms with van der Waals surface area (Å²) in [4.78, 5) is 0. The Morgan fingerprint density at radius 1 is 0.406 bits per heavy atom. The van der Waals surface area contributed by atoms with Crippen molar-refractivity contribution in [3.05, 3.63) is 233 Å². The van der Waals surface area contributed by atoms with E-state index in [0.29, 0.717) is 19.2 Å². The van der Waals surface area contributed by atoms with Crippen LogP contribution in [0.4, 0.5) is 0 Å². The number of fused-ring (bicyclic) bond motifs is 5. The van der Waals surface area contributed by atoms with Gasteiger partial charge in [0, 0.05) is 0 Å². The van der Waals surface area contributed by atoms with E-state index in [0.717, 1.165) is 12.8 Å². The summed E-state index contributed by atoms with van der Waals surface area (Å²) in [5, 5.41) is 3.31. The molecular formula is C62H55HfSi. The fourth-order valence-corrected chi connectivity index (χ4v) is 30.6. The standard InChI is InChI=1S/2C25H23.C12H9Si.Hf/c2*1-18(2)15-20-11-6-7-13-23(20)24-14-8-12-21-16-22(17-25(21)24)19-9-4-3-5-10-19;1-3-7-11-9(5-1)10-6-2-4-8-12(10)13-11;/h2*3-14,16-18H,15H2,1-2H3;1-7H,13H2;. The summed E-state index contributed by atoms with van der Waals surface area (Å²) in [6.07, 6.45) is 7.43. The zero-order chi connectivity index (χ0) is 43.3. The summed E-state index contributed by atoms with van der Waals surface area (Å²) >= 11 is -3.44. The summed E-state index contributed by atoms with van der Waals surface area (Å²) in [6, 6.07) is 72.9. The number of allylic oxidation sites excluding steroid dienone is 2. The molecule has 8 aromatic carbocycles. The minimum atomic E-state index is -3.44. The molecule has 0 saturated carbocycles. The Bertz CT molecular complexity index is 2940. The maximum atomic E-state index is 2.65. The van der Waals surface area contributed by atoms with E-state index in [1.807, 2.05) is 0 Å². The number of benzene rings is 8. The van der Waals surface area contributed by atoms with Gasteiger partial charge in [-0.1, -0.05) is 0 Å². The quantitative estimate of drug-likeness (QED) is 0.113. The molecular weight excluding hydrogens is 951 g/mol. The van der Waals surface area contributed by atoms with Crippen LogP contribution in [0, 0.1) is 11.8 Å². The minimum absolute atomic E-state index is 0.309. The number of hydrogen-bond donors (Lipinski definition) is 0. The summed E-state index contributed by atoms with van der Waals surface area (Å²) in [7, 11) is -0.714. The molecule has 2 aliphatic carbocycles. The van der Waals surface area contributed by atoms with Gasteiger partial charge in [0.1, 0.15) is 0 Å². The summed E-state index contributed by atoms with van der Waals surface area (Å²) in [6.45, 7) is 9.39. The van der Waals surface area contributed by atoms with Gasteiger partial charge in [-0.3, -0.25) is 0 Å². The van der Waals surface area contributed by atoms with Crippen LogP contribution in [-0.2, 0) is 34.3 Å². The van der Waals surface area contributed by atoms with Gasteiger partial charge in [-0.15, -0.1) is 0 Å². The van der Waals surface area contributed by atoms with Gasteiger partial charge in [0.2, 0.25) is 0 Å². The molecule has 0 spiro atoms. The molecule has 0 nitrogen and oxygen atoms in total. The van der Waals surface area contributed by atoms with E-state index < -0.39 is 31.0 Å². The van der Waals surface area contributed by atoms with Gasteiger partial charge >= 0.3 is 394 Å². The Kier molecular flexibility index (Phi) is 11.1. The van der Waals surface area contributed by atoms with Gasteiger partial charge in [-0.25, -0.2) is 0 Å². The monoisotopic (exact) mass is 1010 g/mol. The molecule has 0 bridgehead atoms. The van der Waals surface area contributed by atoms with Crippen LogP contribution in [0.15, 0.2) is 188 Å². The second-order valence-electron chi connectivity index (χ2n) is 19.0. The van der Waals surface area contributed by atoms with Gasteiger partial charge in [0.15, 0.2) is 0 Å². The van der Waals surface area contributed by atoms with E-state index >= 15 is 0 Å². The number of rotatable bonds is 11. The molecule has 0 saturated heterocycles. The van der Waals surface area contributed by atoms with E-state index in [2.05, 4.69) is 228 Å². The molecule has 311 valence electrons. The third kappa shape index (κ3) is 7.33. The van der Waals surface area contributed by atoms with Gasteiger partial charge in [-0.05, 0) is 0 Å². The summed E-state index contributed by atoms with van der Waals surface area (Å²) < 4.78 is 2.36. The predicted molar refractivity (Wildman–Crippen MR) is 274 cm³/mol. The maximum absolute atomic E-state index is 3.44. The molecule has 0 fully saturated rings. The Labute approximate surface area is 390 Å². The van der Waals surface area contributed by atoms with Crippen LogP contribution in [0.2, 0.25) is 0 Å². The molecule has 2 atom stereocenters. The third-order valence-corrected chi connectivity index (χ3v) is 30.2. The normalized spacial score (nSPS) is 16.1. The molecule has 2 unspecified atom stereocenters. The molecule has 8 aromatic rings. The van der Waals surface area contributed by atoms with Crippen molar-refractivity contribution in [2.75, 3.05) is 0 Å². The Morgan fingerprint density at radius 3 is 1.34 bits per heavy atom. The first-order chi connectivity index (χ1) is 31.4. The van der Waals surface area contributed by atoms with Crippen molar-refractivity contribution in [2.45, 2.75) is 47.9 Å². The van der Waals surface area contributed by atoms with Gasteiger partial charge in [0.25, 0.3) is 0 Å². The first-order valence-corrected chi connectivity index (χ1v) is 30.8. The van der Waals surface area contributed by atoms with Crippen molar-refractivity contribution in [1.29, 1.82) is 0 Å². The molecule has 1 heterocycles. The third-order valence-electron chi connectivity index (χ3n) is 14.0. The SMILES string of the molecule is CC(C)Cc1ccccc1-c1cccc2c1C=C(c1ccccc1)[CH]2[Hf]([c]1cccc2c1[SiH2]c1ccccc1-2)[CH]1C(c2ccccc2)=Cc2c(-c3ccccc3CC(C)C)cccc21. The van der Waals surface area contributed by atoms with Crippen molar-refractivity contribution in [3.63, 3.8) is 0 Å². The second kappa shape index (κ2) is 17.4. The van der Waals surface area contributed by atoms with Crippen LogP contribution in [0.3, 0.4) is 0 Å². The summed E-state index contributed by atoms with van der Waals surface area (Å²) in [5.41, 5.74) is 23.1. The van der Waals surface area contributed by atoms with E-state index in [9.17, 15) is 0 Å². The van der Waals surface area contributed by atoms with Crippen LogP contribution in [0.1, 0.15) is 79.6 Å². The second-order valence-corrected chi connectivity index (χ2v) is 30.2. The Hall–Kier alpha value is -5.67. The molecule has 0 aromatic heterocycles. The van der Waals surface area contributed by atoms with Crippen LogP contribution in [0.25, 0.3) is 56.7 Å². The molecule has 64 heavy (non-hydrogen) atoms. The van der Waals surface area contributed by atoms with Crippen molar-refractivity contribution in [1.82, 2.24) is 0 Å². The van der Waals surface area contributed by atoms with E-state index in [4.69, 9.17) is 0 Å². The average Bonchev–Trinajstić information content (AvgIpc) is 4.03. The van der Waals surface area contributed by atoms with Crippen LogP contribution in [-0.4, -0.2) is 9.52 Å². The van der Waals surface area contributed by atoms with E-state index in [1.165, 1.54) is 89.0 Å².